The van der Waals surface area contributed by atoms with Crippen molar-refractivity contribution >= 4 is 23.0 Å². The molecule has 126 valence electrons. The lowest BCUT2D eigenvalue weighted by molar-refractivity contribution is -0.384. The second-order valence-corrected chi connectivity index (χ2v) is 6.83. The molecule has 0 spiro atoms. The molecule has 2 aromatic rings. The third kappa shape index (κ3) is 4.26. The predicted molar refractivity (Wildman–Crippen MR) is 97.9 cm³/mol. The first-order valence-electron chi connectivity index (χ1n) is 8.40. The van der Waals surface area contributed by atoms with E-state index in [9.17, 15) is 10.1 Å². The van der Waals surface area contributed by atoms with Gasteiger partial charge in [-0.2, -0.15) is 0 Å². The van der Waals surface area contributed by atoms with Crippen molar-refractivity contribution in [1.29, 1.82) is 0 Å². The van der Waals surface area contributed by atoms with Gasteiger partial charge < -0.3 is 5.32 Å². The molecule has 1 saturated carbocycles. The van der Waals surface area contributed by atoms with E-state index in [1.165, 1.54) is 19.3 Å². The Morgan fingerprint density at radius 2 is 1.71 bits per heavy atom. The standard InChI is InChI=1S/C19H21ClN2O2/c20-16-9-6-14(7-10-16)12-15-8-11-18(19(13-15)22(23)24)21-17-4-2-1-3-5-17/h6-11,13,17,21H,1-5,12H2. The Bertz CT molecular complexity index is 710. The van der Waals surface area contributed by atoms with Crippen molar-refractivity contribution < 1.29 is 4.92 Å². The molecule has 1 fully saturated rings. The third-order valence-electron chi connectivity index (χ3n) is 4.55. The van der Waals surface area contributed by atoms with E-state index in [4.69, 9.17) is 11.6 Å². The molecule has 24 heavy (non-hydrogen) atoms. The average molecular weight is 345 g/mol. The van der Waals surface area contributed by atoms with Crippen molar-refractivity contribution in [3.05, 3.63) is 68.7 Å². The fourth-order valence-electron chi connectivity index (χ4n) is 3.27. The summed E-state index contributed by atoms with van der Waals surface area (Å²) < 4.78 is 0. The summed E-state index contributed by atoms with van der Waals surface area (Å²) in [6.45, 7) is 0. The van der Waals surface area contributed by atoms with E-state index in [-0.39, 0.29) is 10.6 Å². The van der Waals surface area contributed by atoms with Crippen LogP contribution in [0.2, 0.25) is 5.02 Å². The molecule has 5 heteroatoms. The van der Waals surface area contributed by atoms with Gasteiger partial charge in [-0.05, 0) is 48.6 Å². The van der Waals surface area contributed by atoms with Crippen molar-refractivity contribution in [2.24, 2.45) is 0 Å². The van der Waals surface area contributed by atoms with Crippen LogP contribution in [0.1, 0.15) is 43.2 Å². The van der Waals surface area contributed by atoms with Crippen molar-refractivity contribution in [3.63, 3.8) is 0 Å². The van der Waals surface area contributed by atoms with Crippen LogP contribution in [0.4, 0.5) is 11.4 Å². The lowest BCUT2D eigenvalue weighted by atomic mass is 9.95. The fraction of sp³-hybridized carbons (Fsp3) is 0.368. The minimum Gasteiger partial charge on any atom is -0.377 e. The number of hydrogen-bond acceptors (Lipinski definition) is 3. The van der Waals surface area contributed by atoms with Crippen LogP contribution in [0.5, 0.6) is 0 Å². The number of benzene rings is 2. The molecule has 0 aromatic heterocycles. The van der Waals surface area contributed by atoms with Gasteiger partial charge in [-0.25, -0.2) is 0 Å². The predicted octanol–water partition coefficient (Wildman–Crippen LogP) is 5.58. The number of nitro groups is 1. The SMILES string of the molecule is O=[N+]([O-])c1cc(Cc2ccc(Cl)cc2)ccc1NC1CCCCC1. The molecule has 0 amide bonds. The molecule has 0 atom stereocenters. The van der Waals surface area contributed by atoms with Gasteiger partial charge in [-0.1, -0.05) is 49.1 Å². The maximum Gasteiger partial charge on any atom is 0.292 e. The summed E-state index contributed by atoms with van der Waals surface area (Å²) in [5.41, 5.74) is 2.80. The first-order chi connectivity index (χ1) is 11.6. The lowest BCUT2D eigenvalue weighted by Crippen LogP contribution is -2.22. The Morgan fingerprint density at radius 1 is 1.04 bits per heavy atom. The van der Waals surface area contributed by atoms with Crippen molar-refractivity contribution in [3.8, 4) is 0 Å². The first-order valence-corrected chi connectivity index (χ1v) is 8.78. The van der Waals surface area contributed by atoms with Crippen LogP contribution in [-0.2, 0) is 6.42 Å². The number of nitrogens with zero attached hydrogens (tertiary/aromatic N) is 1. The smallest absolute Gasteiger partial charge is 0.292 e. The Kier molecular flexibility index (Phi) is 5.36. The monoisotopic (exact) mass is 344 g/mol. The van der Waals surface area contributed by atoms with Crippen LogP contribution in [0.15, 0.2) is 42.5 Å². The minimum atomic E-state index is -0.295. The van der Waals surface area contributed by atoms with E-state index in [0.717, 1.165) is 24.0 Å². The normalized spacial score (nSPS) is 15.2. The number of nitro benzene ring substituents is 1. The second kappa shape index (κ2) is 7.67. The van der Waals surface area contributed by atoms with Gasteiger partial charge in [0.25, 0.3) is 5.69 Å². The molecule has 3 rings (SSSR count). The quantitative estimate of drug-likeness (QED) is 0.568. The fourth-order valence-corrected chi connectivity index (χ4v) is 3.39. The van der Waals surface area contributed by atoms with Gasteiger partial charge >= 0.3 is 0 Å². The zero-order valence-electron chi connectivity index (χ0n) is 13.5. The summed E-state index contributed by atoms with van der Waals surface area (Å²) in [5, 5.41) is 15.5. The van der Waals surface area contributed by atoms with Crippen LogP contribution in [0, 0.1) is 10.1 Å². The molecule has 1 aliphatic carbocycles. The molecule has 4 nitrogen and oxygen atoms in total. The highest BCUT2D eigenvalue weighted by molar-refractivity contribution is 6.30. The largest absolute Gasteiger partial charge is 0.377 e. The van der Waals surface area contributed by atoms with Crippen LogP contribution >= 0.6 is 11.6 Å². The van der Waals surface area contributed by atoms with E-state index in [1.54, 1.807) is 6.07 Å². The average Bonchev–Trinajstić information content (AvgIpc) is 2.59. The van der Waals surface area contributed by atoms with E-state index in [0.29, 0.717) is 23.2 Å². The molecular weight excluding hydrogens is 324 g/mol. The first kappa shape index (κ1) is 16.8. The molecule has 0 saturated heterocycles. The highest BCUT2D eigenvalue weighted by Gasteiger charge is 2.19. The van der Waals surface area contributed by atoms with Gasteiger partial charge in [0.2, 0.25) is 0 Å². The summed E-state index contributed by atoms with van der Waals surface area (Å²) in [6, 6.07) is 13.4. The van der Waals surface area contributed by atoms with Crippen LogP contribution < -0.4 is 5.32 Å². The van der Waals surface area contributed by atoms with Crippen molar-refractivity contribution in [1.82, 2.24) is 0 Å². The van der Waals surface area contributed by atoms with Gasteiger partial charge in [-0.15, -0.1) is 0 Å². The van der Waals surface area contributed by atoms with Gasteiger partial charge in [0.1, 0.15) is 5.69 Å². The van der Waals surface area contributed by atoms with Crippen molar-refractivity contribution in [2.45, 2.75) is 44.6 Å². The van der Waals surface area contributed by atoms with Crippen LogP contribution in [-0.4, -0.2) is 11.0 Å². The summed E-state index contributed by atoms with van der Waals surface area (Å²) >= 11 is 5.90. The van der Waals surface area contributed by atoms with E-state index in [1.807, 2.05) is 36.4 Å². The topological polar surface area (TPSA) is 55.2 Å². The van der Waals surface area contributed by atoms with Gasteiger partial charge in [-0.3, -0.25) is 10.1 Å². The highest BCUT2D eigenvalue weighted by atomic mass is 35.5. The Balaban J connectivity index is 1.78. The highest BCUT2D eigenvalue weighted by Crippen LogP contribution is 2.30. The number of nitrogens with one attached hydrogen (secondary N) is 1. The number of hydrogen-bond donors (Lipinski definition) is 1. The lowest BCUT2D eigenvalue weighted by Gasteiger charge is -2.23. The molecule has 0 bridgehead atoms. The number of halogens is 1. The maximum atomic E-state index is 11.5. The molecule has 2 aromatic carbocycles. The van der Waals surface area contributed by atoms with E-state index >= 15 is 0 Å². The molecular formula is C19H21ClN2O2. The van der Waals surface area contributed by atoms with Crippen LogP contribution in [0.25, 0.3) is 0 Å². The molecule has 1 aliphatic rings. The summed E-state index contributed by atoms with van der Waals surface area (Å²) in [6.07, 6.45) is 6.48. The Hall–Kier alpha value is -2.07. The Labute approximate surface area is 147 Å². The number of anilines is 1. The minimum absolute atomic E-state index is 0.159. The summed E-state index contributed by atoms with van der Waals surface area (Å²) in [4.78, 5) is 11.2. The molecule has 0 aliphatic heterocycles. The molecule has 0 unspecified atom stereocenters. The summed E-state index contributed by atoms with van der Waals surface area (Å²) in [7, 11) is 0. The zero-order valence-corrected chi connectivity index (χ0v) is 14.3. The van der Waals surface area contributed by atoms with Gasteiger partial charge in [0.05, 0.1) is 4.92 Å². The van der Waals surface area contributed by atoms with E-state index in [2.05, 4.69) is 5.32 Å². The molecule has 1 N–H and O–H groups in total. The summed E-state index contributed by atoms with van der Waals surface area (Å²) in [5.74, 6) is 0. The van der Waals surface area contributed by atoms with Crippen LogP contribution in [0.3, 0.4) is 0 Å². The van der Waals surface area contributed by atoms with Gasteiger partial charge in [0.15, 0.2) is 0 Å². The second-order valence-electron chi connectivity index (χ2n) is 6.39. The molecule has 0 radical (unpaired) electrons. The molecule has 0 heterocycles. The zero-order chi connectivity index (χ0) is 16.9. The van der Waals surface area contributed by atoms with Crippen molar-refractivity contribution in [2.75, 3.05) is 5.32 Å². The maximum absolute atomic E-state index is 11.5. The Morgan fingerprint density at radius 3 is 2.38 bits per heavy atom. The van der Waals surface area contributed by atoms with E-state index < -0.39 is 0 Å². The number of rotatable bonds is 5. The van der Waals surface area contributed by atoms with Gasteiger partial charge in [0, 0.05) is 17.1 Å². The third-order valence-corrected chi connectivity index (χ3v) is 4.80.